The van der Waals surface area contributed by atoms with Crippen molar-refractivity contribution in [2.45, 2.75) is 19.0 Å². The predicted molar refractivity (Wildman–Crippen MR) is 54.0 cm³/mol. The van der Waals surface area contributed by atoms with Gasteiger partial charge in [0.15, 0.2) is 0 Å². The molecular formula is C9H9F3O4S. The summed E-state index contributed by atoms with van der Waals surface area (Å²) in [5, 5.41) is 19.4. The Hall–Kier alpha value is -1.57. The van der Waals surface area contributed by atoms with E-state index in [1.165, 1.54) is 0 Å². The van der Waals surface area contributed by atoms with Crippen molar-refractivity contribution in [3.63, 3.8) is 0 Å². The molecule has 0 bridgehead atoms. The number of aliphatic carboxylic acids is 2. The minimum atomic E-state index is -5.08. The van der Waals surface area contributed by atoms with Crippen molar-refractivity contribution >= 4 is 23.3 Å². The third-order valence-electron chi connectivity index (χ3n) is 1.45. The lowest BCUT2D eigenvalue weighted by molar-refractivity contribution is -0.192. The first-order chi connectivity index (χ1) is 7.73. The van der Waals surface area contributed by atoms with Crippen LogP contribution in [0, 0.1) is 0 Å². The molecule has 1 heterocycles. The van der Waals surface area contributed by atoms with Crippen LogP contribution in [-0.4, -0.2) is 28.3 Å². The molecule has 17 heavy (non-hydrogen) atoms. The number of aryl methyl sites for hydroxylation is 1. The molecule has 0 atom stereocenters. The molecule has 1 aromatic rings. The first-order valence-electron chi connectivity index (χ1n) is 4.26. The van der Waals surface area contributed by atoms with Crippen LogP contribution in [-0.2, 0) is 16.0 Å². The van der Waals surface area contributed by atoms with Gasteiger partial charge in [-0.3, -0.25) is 4.79 Å². The highest BCUT2D eigenvalue weighted by molar-refractivity contribution is 7.07. The first-order valence-corrected chi connectivity index (χ1v) is 5.20. The summed E-state index contributed by atoms with van der Waals surface area (Å²) in [4.78, 5) is 19.0. The number of carbonyl (C=O) groups is 2. The van der Waals surface area contributed by atoms with Crippen LogP contribution >= 0.6 is 11.3 Å². The summed E-state index contributed by atoms with van der Waals surface area (Å²) in [5.41, 5.74) is 1.12. The van der Waals surface area contributed by atoms with Crippen molar-refractivity contribution in [3.05, 3.63) is 22.4 Å². The van der Waals surface area contributed by atoms with E-state index in [4.69, 9.17) is 15.0 Å². The lowest BCUT2D eigenvalue weighted by Gasteiger charge is -1.93. The molecule has 0 saturated carbocycles. The fraction of sp³-hybridized carbons (Fsp3) is 0.333. The molecule has 0 fully saturated rings. The van der Waals surface area contributed by atoms with Gasteiger partial charge < -0.3 is 10.2 Å². The van der Waals surface area contributed by atoms with E-state index in [0.717, 1.165) is 5.56 Å². The Balaban J connectivity index is 0.000000325. The highest BCUT2D eigenvalue weighted by Gasteiger charge is 2.38. The molecule has 0 unspecified atom stereocenters. The maximum atomic E-state index is 10.6. The van der Waals surface area contributed by atoms with E-state index in [-0.39, 0.29) is 6.42 Å². The summed E-state index contributed by atoms with van der Waals surface area (Å²) in [6, 6.07) is 1.95. The maximum Gasteiger partial charge on any atom is 0.490 e. The van der Waals surface area contributed by atoms with Gasteiger partial charge in [-0.1, -0.05) is 0 Å². The topological polar surface area (TPSA) is 74.6 Å². The fourth-order valence-corrected chi connectivity index (χ4v) is 1.39. The van der Waals surface area contributed by atoms with Crippen molar-refractivity contribution in [3.8, 4) is 0 Å². The summed E-state index contributed by atoms with van der Waals surface area (Å²) in [6.07, 6.45) is -4.20. The molecule has 0 aliphatic carbocycles. The van der Waals surface area contributed by atoms with Gasteiger partial charge in [-0.25, -0.2) is 4.79 Å². The van der Waals surface area contributed by atoms with E-state index in [9.17, 15) is 18.0 Å². The number of hydrogen-bond donors (Lipinski definition) is 2. The molecule has 8 heteroatoms. The Morgan fingerprint density at radius 1 is 1.29 bits per heavy atom. The van der Waals surface area contributed by atoms with Gasteiger partial charge in [0.1, 0.15) is 0 Å². The van der Waals surface area contributed by atoms with Crippen LogP contribution < -0.4 is 0 Å². The summed E-state index contributed by atoms with van der Waals surface area (Å²) in [5.74, 6) is -3.49. The van der Waals surface area contributed by atoms with Gasteiger partial charge in [-0.15, -0.1) is 0 Å². The van der Waals surface area contributed by atoms with Crippen LogP contribution in [0.4, 0.5) is 13.2 Å². The number of thiophene rings is 1. The van der Waals surface area contributed by atoms with Crippen LogP contribution in [0.5, 0.6) is 0 Å². The monoisotopic (exact) mass is 270 g/mol. The molecule has 0 aliphatic rings. The van der Waals surface area contributed by atoms with Gasteiger partial charge in [-0.2, -0.15) is 24.5 Å². The van der Waals surface area contributed by atoms with Gasteiger partial charge in [0, 0.05) is 6.42 Å². The molecular weight excluding hydrogens is 261 g/mol. The molecule has 4 nitrogen and oxygen atoms in total. The van der Waals surface area contributed by atoms with Crippen molar-refractivity contribution < 1.29 is 33.0 Å². The zero-order chi connectivity index (χ0) is 13.5. The molecule has 0 spiro atoms. The Bertz CT molecular complexity index is 359. The highest BCUT2D eigenvalue weighted by atomic mass is 32.1. The van der Waals surface area contributed by atoms with Gasteiger partial charge in [-0.05, 0) is 28.8 Å². The lowest BCUT2D eigenvalue weighted by Crippen LogP contribution is -2.21. The molecule has 0 aliphatic heterocycles. The van der Waals surface area contributed by atoms with Crippen LogP contribution in [0.25, 0.3) is 0 Å². The molecule has 0 radical (unpaired) electrons. The summed E-state index contributed by atoms with van der Waals surface area (Å²) >= 11 is 1.60. The Morgan fingerprint density at radius 2 is 1.82 bits per heavy atom. The molecule has 2 N–H and O–H groups in total. The van der Waals surface area contributed by atoms with E-state index in [2.05, 4.69) is 0 Å². The second-order valence-electron chi connectivity index (χ2n) is 2.83. The van der Waals surface area contributed by atoms with Gasteiger partial charge >= 0.3 is 18.1 Å². The SMILES string of the molecule is O=C(O)C(F)(F)F.O=C(O)CCc1ccsc1. The van der Waals surface area contributed by atoms with E-state index in [1.807, 2.05) is 16.8 Å². The molecule has 0 amide bonds. The molecule has 1 aromatic heterocycles. The van der Waals surface area contributed by atoms with E-state index < -0.39 is 18.1 Å². The minimum absolute atomic E-state index is 0.233. The largest absolute Gasteiger partial charge is 0.490 e. The maximum absolute atomic E-state index is 10.6. The van der Waals surface area contributed by atoms with Gasteiger partial charge in [0.05, 0.1) is 0 Å². The highest BCUT2D eigenvalue weighted by Crippen LogP contribution is 2.13. The fourth-order valence-electron chi connectivity index (χ4n) is 0.686. The van der Waals surface area contributed by atoms with Crippen LogP contribution in [0.2, 0.25) is 0 Å². The Kier molecular flexibility index (Phi) is 6.26. The smallest absolute Gasteiger partial charge is 0.481 e. The van der Waals surface area contributed by atoms with Crippen LogP contribution in [0.1, 0.15) is 12.0 Å². The van der Waals surface area contributed by atoms with E-state index in [0.29, 0.717) is 6.42 Å². The number of carboxylic acid groups (broad SMARTS) is 2. The lowest BCUT2D eigenvalue weighted by atomic mass is 10.2. The molecule has 96 valence electrons. The summed E-state index contributed by atoms with van der Waals surface area (Å²) in [6.45, 7) is 0. The van der Waals surface area contributed by atoms with Crippen LogP contribution in [0.3, 0.4) is 0 Å². The number of rotatable bonds is 3. The molecule has 0 aromatic carbocycles. The van der Waals surface area contributed by atoms with E-state index in [1.54, 1.807) is 11.3 Å². The zero-order valence-electron chi connectivity index (χ0n) is 8.40. The number of alkyl halides is 3. The van der Waals surface area contributed by atoms with Crippen molar-refractivity contribution in [1.29, 1.82) is 0 Å². The average molecular weight is 270 g/mol. The normalized spacial score (nSPS) is 10.3. The Morgan fingerprint density at radius 3 is 2.12 bits per heavy atom. The number of carboxylic acids is 2. The molecule has 0 saturated heterocycles. The number of hydrogen-bond acceptors (Lipinski definition) is 3. The quantitative estimate of drug-likeness (QED) is 0.884. The minimum Gasteiger partial charge on any atom is -0.481 e. The average Bonchev–Trinajstić information content (AvgIpc) is 2.66. The zero-order valence-corrected chi connectivity index (χ0v) is 9.22. The summed E-state index contributed by atoms with van der Waals surface area (Å²) < 4.78 is 31.7. The van der Waals surface area contributed by atoms with Crippen molar-refractivity contribution in [2.24, 2.45) is 0 Å². The Labute approximate surface area is 98.3 Å². The second kappa shape index (κ2) is 6.89. The standard InChI is InChI=1S/C7H8O2S.C2HF3O2/c8-7(9)2-1-6-3-4-10-5-6;3-2(4,5)1(6)7/h3-5H,1-2H2,(H,8,9);(H,6,7). The van der Waals surface area contributed by atoms with Crippen molar-refractivity contribution in [2.75, 3.05) is 0 Å². The first kappa shape index (κ1) is 15.4. The predicted octanol–water partition coefficient (Wildman–Crippen LogP) is 2.40. The summed E-state index contributed by atoms with van der Waals surface area (Å²) in [7, 11) is 0. The van der Waals surface area contributed by atoms with Gasteiger partial charge in [0.25, 0.3) is 0 Å². The molecule has 1 rings (SSSR count). The van der Waals surface area contributed by atoms with Crippen molar-refractivity contribution in [1.82, 2.24) is 0 Å². The number of halogens is 3. The van der Waals surface area contributed by atoms with E-state index >= 15 is 0 Å². The van der Waals surface area contributed by atoms with Crippen LogP contribution in [0.15, 0.2) is 16.8 Å². The third kappa shape index (κ3) is 8.26. The second-order valence-corrected chi connectivity index (χ2v) is 3.61. The third-order valence-corrected chi connectivity index (χ3v) is 2.18. The van der Waals surface area contributed by atoms with Gasteiger partial charge in [0.2, 0.25) is 0 Å².